The van der Waals surface area contributed by atoms with E-state index in [9.17, 15) is 9.90 Å². The number of aromatic nitrogens is 5. The molecule has 10 nitrogen and oxygen atoms in total. The van der Waals surface area contributed by atoms with Gasteiger partial charge in [0.05, 0.1) is 24.3 Å². The number of fused-ring (bicyclic) bond motifs is 3. The van der Waals surface area contributed by atoms with Crippen molar-refractivity contribution in [2.75, 3.05) is 19.6 Å². The number of nitrogens with one attached hydrogen (secondary N) is 1. The van der Waals surface area contributed by atoms with Gasteiger partial charge in [-0.3, -0.25) is 4.40 Å². The number of nitrogens with two attached hydrogens (primary N) is 1. The Morgan fingerprint density at radius 2 is 2.27 bits per heavy atom. The minimum Gasteiger partial charge on any atom is -0.465 e. The average molecular weight is 356 g/mol. The zero-order valence-corrected chi connectivity index (χ0v) is 14.3. The molecule has 0 spiro atoms. The van der Waals surface area contributed by atoms with E-state index in [4.69, 9.17) is 5.26 Å². The van der Waals surface area contributed by atoms with Crippen LogP contribution in [0.15, 0.2) is 18.5 Å². The Morgan fingerprint density at radius 3 is 2.92 bits per heavy atom. The summed E-state index contributed by atoms with van der Waals surface area (Å²) in [6.07, 6.45) is 3.55. The fraction of sp³-hybridized carbons (Fsp3) is 0.438. The molecule has 0 bridgehead atoms. The molecule has 4 N–H and O–H groups in total. The van der Waals surface area contributed by atoms with Crippen LogP contribution in [-0.4, -0.2) is 60.3 Å². The first-order chi connectivity index (χ1) is 12.6. The smallest absolute Gasteiger partial charge is 0.407 e. The summed E-state index contributed by atoms with van der Waals surface area (Å²) in [5, 5.41) is 25.3. The highest BCUT2D eigenvalue weighted by Gasteiger charge is 2.38. The van der Waals surface area contributed by atoms with Gasteiger partial charge in [-0.1, -0.05) is 13.3 Å². The number of likely N-dealkylation sites (tertiary alicyclic amines) is 1. The molecule has 10 heteroatoms. The molecule has 136 valence electrons. The van der Waals surface area contributed by atoms with E-state index in [2.05, 4.69) is 32.8 Å². The number of aromatic amines is 1. The molecular formula is C16H20N8O2. The molecule has 1 saturated heterocycles. The van der Waals surface area contributed by atoms with Crippen LogP contribution in [0.1, 0.15) is 25.1 Å². The first-order valence-electron chi connectivity index (χ1n) is 8.32. The Balaban J connectivity index is 0.000000447. The van der Waals surface area contributed by atoms with Crippen molar-refractivity contribution >= 4 is 22.9 Å². The number of nitrogens with zero attached hydrogens (tertiary/aromatic N) is 6. The van der Waals surface area contributed by atoms with Gasteiger partial charge in [-0.25, -0.2) is 9.78 Å². The van der Waals surface area contributed by atoms with Crippen LogP contribution >= 0.6 is 0 Å². The molecule has 0 unspecified atom stereocenters. The van der Waals surface area contributed by atoms with Crippen LogP contribution in [-0.2, 0) is 0 Å². The lowest BCUT2D eigenvalue weighted by Crippen LogP contribution is -2.26. The van der Waals surface area contributed by atoms with Crippen molar-refractivity contribution < 1.29 is 9.90 Å². The molecule has 1 aliphatic heterocycles. The van der Waals surface area contributed by atoms with E-state index in [-0.39, 0.29) is 18.4 Å². The van der Waals surface area contributed by atoms with E-state index < -0.39 is 6.09 Å². The summed E-state index contributed by atoms with van der Waals surface area (Å²) >= 11 is 0. The molecule has 0 saturated carbocycles. The van der Waals surface area contributed by atoms with Crippen molar-refractivity contribution in [2.24, 2.45) is 11.7 Å². The number of carboxylic acid groups (broad SMARTS) is 1. The number of H-pyrrole nitrogens is 1. The van der Waals surface area contributed by atoms with Crippen molar-refractivity contribution in [3.63, 3.8) is 0 Å². The maximum atomic E-state index is 11.3. The van der Waals surface area contributed by atoms with Gasteiger partial charge >= 0.3 is 6.09 Å². The van der Waals surface area contributed by atoms with E-state index in [1.165, 1.54) is 4.90 Å². The molecule has 4 heterocycles. The maximum absolute atomic E-state index is 11.3. The largest absolute Gasteiger partial charge is 0.465 e. The van der Waals surface area contributed by atoms with Crippen LogP contribution in [0.5, 0.6) is 0 Å². The van der Waals surface area contributed by atoms with Gasteiger partial charge in [0.2, 0.25) is 0 Å². The Bertz CT molecular complexity index is 956. The molecule has 1 aliphatic rings. The van der Waals surface area contributed by atoms with E-state index >= 15 is 0 Å². The van der Waals surface area contributed by atoms with Crippen molar-refractivity contribution in [2.45, 2.75) is 19.3 Å². The van der Waals surface area contributed by atoms with Gasteiger partial charge < -0.3 is 20.7 Å². The second-order valence-electron chi connectivity index (χ2n) is 6.05. The highest BCUT2D eigenvalue weighted by Crippen LogP contribution is 2.34. The lowest BCUT2D eigenvalue weighted by Gasteiger charge is -2.14. The number of rotatable bonds is 2. The zero-order valence-electron chi connectivity index (χ0n) is 14.3. The molecular weight excluding hydrogens is 336 g/mol. The van der Waals surface area contributed by atoms with E-state index in [1.807, 2.05) is 16.7 Å². The normalized spacial score (nSPS) is 19.3. The van der Waals surface area contributed by atoms with E-state index in [0.717, 1.165) is 23.4 Å². The maximum Gasteiger partial charge on any atom is 0.407 e. The predicted octanol–water partition coefficient (Wildman–Crippen LogP) is 1.18. The third kappa shape index (κ3) is 3.04. The Labute approximate surface area is 149 Å². The van der Waals surface area contributed by atoms with E-state index in [0.29, 0.717) is 18.7 Å². The van der Waals surface area contributed by atoms with Crippen LogP contribution in [0.4, 0.5) is 4.79 Å². The summed E-state index contributed by atoms with van der Waals surface area (Å²) in [5.41, 5.74) is 7.04. The molecule has 3 aromatic rings. The third-order valence-corrected chi connectivity index (χ3v) is 4.63. The molecule has 0 aliphatic carbocycles. The Hall–Kier alpha value is -3.19. The summed E-state index contributed by atoms with van der Waals surface area (Å²) < 4.78 is 1.98. The molecule has 3 aromatic heterocycles. The van der Waals surface area contributed by atoms with Crippen LogP contribution in [0.2, 0.25) is 0 Å². The first-order valence-corrected chi connectivity index (χ1v) is 8.32. The fourth-order valence-corrected chi connectivity index (χ4v) is 3.37. The first kappa shape index (κ1) is 17.6. The minimum atomic E-state index is -0.872. The molecule has 1 amide bonds. The second-order valence-corrected chi connectivity index (χ2v) is 6.05. The number of amides is 1. The predicted molar refractivity (Wildman–Crippen MR) is 93.4 cm³/mol. The van der Waals surface area contributed by atoms with Crippen LogP contribution < -0.4 is 5.73 Å². The Kier molecular flexibility index (Phi) is 4.99. The van der Waals surface area contributed by atoms with Gasteiger partial charge in [-0.05, 0) is 12.0 Å². The van der Waals surface area contributed by atoms with Gasteiger partial charge in [0, 0.05) is 25.2 Å². The Morgan fingerprint density at radius 1 is 1.50 bits per heavy atom. The molecule has 0 radical (unpaired) electrons. The minimum absolute atomic E-state index is 0.0524. The molecule has 26 heavy (non-hydrogen) atoms. The quantitative estimate of drug-likeness (QED) is 0.583. The topological polar surface area (TPSA) is 149 Å². The fourth-order valence-electron chi connectivity index (χ4n) is 3.37. The van der Waals surface area contributed by atoms with Crippen LogP contribution in [0.25, 0.3) is 16.8 Å². The zero-order chi connectivity index (χ0) is 18.7. The average Bonchev–Trinajstić information content (AvgIpc) is 3.36. The molecule has 4 rings (SSSR count). The summed E-state index contributed by atoms with van der Waals surface area (Å²) in [6.45, 7) is 3.22. The van der Waals surface area contributed by atoms with Gasteiger partial charge in [0.25, 0.3) is 0 Å². The number of nitriles is 1. The monoisotopic (exact) mass is 356 g/mol. The van der Waals surface area contributed by atoms with Crippen molar-refractivity contribution in [1.82, 2.24) is 29.5 Å². The number of carbonyl (C=O) groups is 1. The van der Waals surface area contributed by atoms with Crippen molar-refractivity contribution in [1.29, 1.82) is 5.26 Å². The highest BCUT2D eigenvalue weighted by molar-refractivity contribution is 5.74. The van der Waals surface area contributed by atoms with Gasteiger partial charge in [-0.15, -0.1) is 10.2 Å². The standard InChI is InChI=1S/C14H16N6O2.C2H4N2/c1-2-8-6-19(14(21)22)7-9(8)13-18-17-11-5-16-12-10(20(11)13)3-4-15-12;3-1-2-4/h3-5,8-9,15H,2,6-7H2,1H3,(H,21,22);1,3H2/t8-,9+;/m1./s1. The van der Waals surface area contributed by atoms with Crippen molar-refractivity contribution in [3.8, 4) is 6.07 Å². The van der Waals surface area contributed by atoms with Crippen LogP contribution in [0, 0.1) is 17.2 Å². The summed E-state index contributed by atoms with van der Waals surface area (Å²) in [5.74, 6) is 1.12. The summed E-state index contributed by atoms with van der Waals surface area (Å²) in [4.78, 5) is 20.1. The SMILES string of the molecule is CC[C@@H]1CN(C(=O)O)C[C@@H]1c1nnc2cnc3[nH]ccc3n12.N#CCN. The lowest BCUT2D eigenvalue weighted by atomic mass is 9.93. The van der Waals surface area contributed by atoms with Crippen molar-refractivity contribution in [3.05, 3.63) is 24.3 Å². The van der Waals surface area contributed by atoms with Gasteiger partial charge in [0.1, 0.15) is 5.82 Å². The molecule has 0 aromatic carbocycles. The molecule has 2 atom stereocenters. The van der Waals surface area contributed by atoms with Crippen LogP contribution in [0.3, 0.4) is 0 Å². The van der Waals surface area contributed by atoms with Gasteiger partial charge in [0.15, 0.2) is 11.3 Å². The van der Waals surface area contributed by atoms with Gasteiger partial charge in [-0.2, -0.15) is 5.26 Å². The lowest BCUT2D eigenvalue weighted by molar-refractivity contribution is 0.153. The van der Waals surface area contributed by atoms with E-state index in [1.54, 1.807) is 12.3 Å². The summed E-state index contributed by atoms with van der Waals surface area (Å²) in [7, 11) is 0. The highest BCUT2D eigenvalue weighted by atomic mass is 16.4. The molecule has 1 fully saturated rings. The summed E-state index contributed by atoms with van der Waals surface area (Å²) in [6, 6.07) is 3.65. The third-order valence-electron chi connectivity index (χ3n) is 4.63. The second kappa shape index (κ2) is 7.37. The number of hydrogen-bond donors (Lipinski definition) is 3. The number of hydrogen-bond acceptors (Lipinski definition) is 6.